The Hall–Kier alpha value is -0.990. The molecule has 2 rings (SSSR count). The summed E-state index contributed by atoms with van der Waals surface area (Å²) in [6.45, 7) is 0.381. The molecule has 0 amide bonds. The highest BCUT2D eigenvalue weighted by Crippen LogP contribution is 2.22. The summed E-state index contributed by atoms with van der Waals surface area (Å²) in [5, 5.41) is 0.564. The molecule has 5 nitrogen and oxygen atoms in total. The molecule has 0 saturated carbocycles. The van der Waals surface area contributed by atoms with Crippen LogP contribution in [-0.4, -0.2) is 22.1 Å². The quantitative estimate of drug-likeness (QED) is 0.833. The van der Waals surface area contributed by atoms with Crippen molar-refractivity contribution >= 4 is 40.0 Å². The second-order valence-electron chi connectivity index (χ2n) is 3.49. The Labute approximate surface area is 123 Å². The molecule has 0 spiro atoms. The van der Waals surface area contributed by atoms with Crippen LogP contribution in [0.25, 0.3) is 11.5 Å². The molecule has 2 N–H and O–H groups in total. The van der Waals surface area contributed by atoms with Gasteiger partial charge in [0.25, 0.3) is 0 Å². The Kier molecular flexibility index (Phi) is 4.31. The van der Waals surface area contributed by atoms with E-state index in [4.69, 9.17) is 22.1 Å². The number of aromatic nitrogens is 3. The number of hydrogen-bond acceptors (Lipinski definition) is 5. The summed E-state index contributed by atoms with van der Waals surface area (Å²) in [5.41, 5.74) is 7.22. The monoisotopic (exact) mass is 376 g/mol. The molecule has 18 heavy (non-hydrogen) atoms. The van der Waals surface area contributed by atoms with Crippen molar-refractivity contribution in [1.82, 2.24) is 15.0 Å². The Morgan fingerprint density at radius 3 is 2.78 bits per heavy atom. The number of nitrogens with zero attached hydrogens (tertiary/aromatic N) is 3. The van der Waals surface area contributed by atoms with E-state index in [0.29, 0.717) is 29.0 Å². The minimum Gasteiger partial charge on any atom is -0.383 e. The molecule has 2 heterocycles. The molecular weight excluding hydrogens is 367 g/mol. The molecule has 94 valence electrons. The first-order chi connectivity index (χ1) is 8.61. The van der Waals surface area contributed by atoms with Crippen molar-refractivity contribution < 1.29 is 4.74 Å². The van der Waals surface area contributed by atoms with Gasteiger partial charge in [0, 0.05) is 13.3 Å². The van der Waals surface area contributed by atoms with Gasteiger partial charge >= 0.3 is 0 Å². The van der Waals surface area contributed by atoms with E-state index in [0.717, 1.165) is 9.26 Å². The summed E-state index contributed by atoms with van der Waals surface area (Å²) in [6, 6.07) is 3.48. The first kappa shape index (κ1) is 13.4. The standard InChI is InChI=1S/C11H10ClIN4O/c1-18-5-8-9(13)10(14)17-11(16-8)7-3-2-6(12)4-15-7/h2-4H,5H2,1H3,(H2,14,16,17). The average Bonchev–Trinajstić information content (AvgIpc) is 2.36. The lowest BCUT2D eigenvalue weighted by Crippen LogP contribution is -2.06. The van der Waals surface area contributed by atoms with E-state index in [9.17, 15) is 0 Å². The molecule has 2 aromatic heterocycles. The van der Waals surface area contributed by atoms with Crippen molar-refractivity contribution in [2.75, 3.05) is 12.8 Å². The lowest BCUT2D eigenvalue weighted by Gasteiger charge is -2.07. The third-order valence-corrected chi connectivity index (χ3v) is 3.58. The van der Waals surface area contributed by atoms with E-state index in [1.807, 2.05) is 0 Å². The van der Waals surface area contributed by atoms with Gasteiger partial charge in [0.05, 0.1) is 20.9 Å². The summed E-state index contributed by atoms with van der Waals surface area (Å²) in [6.07, 6.45) is 1.55. The highest BCUT2D eigenvalue weighted by molar-refractivity contribution is 14.1. The zero-order valence-corrected chi connectivity index (χ0v) is 12.4. The van der Waals surface area contributed by atoms with E-state index in [2.05, 4.69) is 37.5 Å². The number of pyridine rings is 1. The van der Waals surface area contributed by atoms with Gasteiger partial charge in [0.1, 0.15) is 11.5 Å². The van der Waals surface area contributed by atoms with Crippen molar-refractivity contribution in [2.45, 2.75) is 6.61 Å². The first-order valence-electron chi connectivity index (χ1n) is 5.04. The molecule has 0 aromatic carbocycles. The molecule has 0 radical (unpaired) electrons. The zero-order chi connectivity index (χ0) is 13.1. The molecule has 0 aliphatic heterocycles. The maximum atomic E-state index is 5.85. The summed E-state index contributed by atoms with van der Waals surface area (Å²) in [7, 11) is 1.61. The highest BCUT2D eigenvalue weighted by Gasteiger charge is 2.12. The molecule has 7 heteroatoms. The molecule has 0 saturated heterocycles. The summed E-state index contributed by atoms with van der Waals surface area (Å²) >= 11 is 7.89. The maximum absolute atomic E-state index is 5.85. The van der Waals surface area contributed by atoms with Crippen LogP contribution < -0.4 is 5.73 Å². The Morgan fingerprint density at radius 2 is 2.17 bits per heavy atom. The molecule has 0 fully saturated rings. The van der Waals surface area contributed by atoms with Crippen LogP contribution in [0.4, 0.5) is 5.82 Å². The van der Waals surface area contributed by atoms with Crippen molar-refractivity contribution in [2.24, 2.45) is 0 Å². The van der Waals surface area contributed by atoms with Crippen molar-refractivity contribution in [3.63, 3.8) is 0 Å². The molecule has 2 aromatic rings. The Bertz CT molecular complexity index is 562. The van der Waals surface area contributed by atoms with Gasteiger partial charge in [-0.25, -0.2) is 9.97 Å². The van der Waals surface area contributed by atoms with E-state index in [1.54, 1.807) is 25.4 Å². The van der Waals surface area contributed by atoms with Gasteiger partial charge in [-0.1, -0.05) is 11.6 Å². The minimum absolute atomic E-state index is 0.381. The van der Waals surface area contributed by atoms with E-state index >= 15 is 0 Å². The third kappa shape index (κ3) is 2.88. The number of anilines is 1. The summed E-state index contributed by atoms with van der Waals surface area (Å²) < 4.78 is 5.88. The smallest absolute Gasteiger partial charge is 0.180 e. The van der Waals surface area contributed by atoms with Crippen molar-refractivity contribution in [3.8, 4) is 11.5 Å². The fourth-order valence-electron chi connectivity index (χ4n) is 1.37. The average molecular weight is 377 g/mol. The largest absolute Gasteiger partial charge is 0.383 e. The fraction of sp³-hybridized carbons (Fsp3) is 0.182. The predicted octanol–water partition coefficient (Wildman–Crippen LogP) is 2.53. The van der Waals surface area contributed by atoms with Crippen LogP contribution in [0.2, 0.25) is 5.02 Å². The number of ether oxygens (including phenoxy) is 1. The normalized spacial score (nSPS) is 10.6. The Balaban J connectivity index is 2.48. The lowest BCUT2D eigenvalue weighted by molar-refractivity contribution is 0.181. The SMILES string of the molecule is COCc1nc(-c2ccc(Cl)cn2)nc(N)c1I. The van der Waals surface area contributed by atoms with Crippen LogP contribution in [0.5, 0.6) is 0 Å². The van der Waals surface area contributed by atoms with Crippen molar-refractivity contribution in [1.29, 1.82) is 0 Å². The van der Waals surface area contributed by atoms with E-state index < -0.39 is 0 Å². The van der Waals surface area contributed by atoms with Gasteiger partial charge in [-0.3, -0.25) is 4.98 Å². The van der Waals surface area contributed by atoms with E-state index in [-0.39, 0.29) is 0 Å². The second kappa shape index (κ2) is 5.77. The predicted molar refractivity (Wildman–Crippen MR) is 78.1 cm³/mol. The maximum Gasteiger partial charge on any atom is 0.180 e. The minimum atomic E-state index is 0.381. The number of methoxy groups -OCH3 is 1. The topological polar surface area (TPSA) is 73.9 Å². The molecule has 0 unspecified atom stereocenters. The number of halogens is 2. The first-order valence-corrected chi connectivity index (χ1v) is 6.50. The van der Waals surface area contributed by atoms with E-state index in [1.165, 1.54) is 0 Å². The van der Waals surface area contributed by atoms with Gasteiger partial charge in [0.15, 0.2) is 5.82 Å². The molecule has 0 bridgehead atoms. The number of rotatable bonds is 3. The van der Waals surface area contributed by atoms with Crippen LogP contribution in [0.3, 0.4) is 0 Å². The van der Waals surface area contributed by atoms with Gasteiger partial charge in [-0.05, 0) is 34.7 Å². The van der Waals surface area contributed by atoms with Crippen LogP contribution in [0.15, 0.2) is 18.3 Å². The lowest BCUT2D eigenvalue weighted by atomic mass is 10.3. The summed E-state index contributed by atoms with van der Waals surface area (Å²) in [4.78, 5) is 12.8. The second-order valence-corrected chi connectivity index (χ2v) is 5.00. The summed E-state index contributed by atoms with van der Waals surface area (Å²) in [5.74, 6) is 0.890. The van der Waals surface area contributed by atoms with Gasteiger partial charge in [0.2, 0.25) is 0 Å². The van der Waals surface area contributed by atoms with Crippen LogP contribution in [-0.2, 0) is 11.3 Å². The molecule has 0 atom stereocenters. The van der Waals surface area contributed by atoms with Gasteiger partial charge in [-0.2, -0.15) is 0 Å². The van der Waals surface area contributed by atoms with Crippen molar-refractivity contribution in [3.05, 3.63) is 32.6 Å². The van der Waals surface area contributed by atoms with Gasteiger partial charge < -0.3 is 10.5 Å². The molecular formula is C11H10ClIN4O. The zero-order valence-electron chi connectivity index (χ0n) is 9.52. The van der Waals surface area contributed by atoms with Crippen LogP contribution in [0.1, 0.15) is 5.69 Å². The van der Waals surface area contributed by atoms with Gasteiger partial charge in [-0.15, -0.1) is 0 Å². The highest BCUT2D eigenvalue weighted by atomic mass is 127. The Morgan fingerprint density at radius 1 is 1.39 bits per heavy atom. The fourth-order valence-corrected chi connectivity index (χ4v) is 1.88. The number of hydrogen-bond donors (Lipinski definition) is 1. The van der Waals surface area contributed by atoms with Crippen LogP contribution in [0, 0.1) is 3.57 Å². The third-order valence-electron chi connectivity index (χ3n) is 2.18. The molecule has 0 aliphatic carbocycles. The number of nitrogen functional groups attached to an aromatic ring is 1. The number of nitrogens with two attached hydrogens (primary N) is 1. The molecule has 0 aliphatic rings. The van der Waals surface area contributed by atoms with Crippen LogP contribution >= 0.6 is 34.2 Å².